The highest BCUT2D eigenvalue weighted by Crippen LogP contribution is 2.39. The van der Waals surface area contributed by atoms with Crippen molar-refractivity contribution < 1.29 is 37.3 Å². The average molecular weight is 465 g/mol. The Morgan fingerprint density at radius 2 is 1.94 bits per heavy atom. The minimum atomic E-state index is -1.36. The van der Waals surface area contributed by atoms with Crippen molar-refractivity contribution in [3.05, 3.63) is 41.3 Å². The minimum Gasteiger partial charge on any atom is -0.507 e. The fourth-order valence-corrected chi connectivity index (χ4v) is 3.83. The second kappa shape index (κ2) is 8.13. The summed E-state index contributed by atoms with van der Waals surface area (Å²) < 4.78 is 55.3. The zero-order valence-corrected chi connectivity index (χ0v) is 18.2. The molecule has 11 heteroatoms. The van der Waals surface area contributed by atoms with Crippen molar-refractivity contribution in [2.45, 2.75) is 32.4 Å². The predicted octanol–water partition coefficient (Wildman–Crippen LogP) is 3.33. The number of halogens is 3. The van der Waals surface area contributed by atoms with Crippen LogP contribution in [0.25, 0.3) is 11.3 Å². The van der Waals surface area contributed by atoms with Gasteiger partial charge in [-0.2, -0.15) is 4.39 Å². The van der Waals surface area contributed by atoms with Crippen LogP contribution in [-0.4, -0.2) is 69.8 Å². The first kappa shape index (κ1) is 22.7. The second-order valence-corrected chi connectivity index (χ2v) is 8.79. The number of carbonyl (C=O) groups is 2. The highest BCUT2D eigenvalue weighted by Gasteiger charge is 2.41. The van der Waals surface area contributed by atoms with Crippen LogP contribution in [0.3, 0.4) is 0 Å². The van der Waals surface area contributed by atoms with E-state index in [9.17, 15) is 23.5 Å². The number of ether oxygens (including phenoxy) is 2. The molecule has 1 atom stereocenters. The van der Waals surface area contributed by atoms with Gasteiger partial charge in [-0.25, -0.2) is 18.6 Å². The zero-order valence-electron chi connectivity index (χ0n) is 18.2. The second-order valence-electron chi connectivity index (χ2n) is 8.79. The molecule has 33 heavy (non-hydrogen) atoms. The maximum Gasteiger partial charge on any atom is 0.410 e. The number of fused-ring (bicyclic) bond motifs is 2. The summed E-state index contributed by atoms with van der Waals surface area (Å²) in [5, 5.41) is 9.97. The molecule has 0 saturated carbocycles. The summed E-state index contributed by atoms with van der Waals surface area (Å²) in [6.45, 7) is 5.12. The van der Waals surface area contributed by atoms with E-state index in [2.05, 4.69) is 4.98 Å². The third-order valence-corrected chi connectivity index (χ3v) is 5.31. The van der Waals surface area contributed by atoms with Crippen molar-refractivity contribution in [3.63, 3.8) is 0 Å². The minimum absolute atomic E-state index is 0.0340. The molecule has 1 saturated heterocycles. The number of aromatic hydroxyl groups is 1. The first-order valence-corrected chi connectivity index (χ1v) is 10.3. The SMILES string of the molecule is CC(C)(C)OC(=O)N1CCN2C(=O)c3c(F)nc(-c4c(O)cccc4F)c(F)c3OC[C@H]2C1. The molecule has 3 heterocycles. The van der Waals surface area contributed by atoms with Gasteiger partial charge >= 0.3 is 6.09 Å². The number of benzene rings is 1. The molecule has 0 bridgehead atoms. The smallest absolute Gasteiger partial charge is 0.410 e. The van der Waals surface area contributed by atoms with Crippen LogP contribution in [0.1, 0.15) is 31.1 Å². The summed E-state index contributed by atoms with van der Waals surface area (Å²) in [5.41, 5.74) is -2.90. The van der Waals surface area contributed by atoms with Gasteiger partial charge in [0.15, 0.2) is 11.6 Å². The topological polar surface area (TPSA) is 92.2 Å². The van der Waals surface area contributed by atoms with Crippen molar-refractivity contribution in [2.24, 2.45) is 0 Å². The molecule has 0 spiro atoms. The highest BCUT2D eigenvalue weighted by atomic mass is 19.1. The summed E-state index contributed by atoms with van der Waals surface area (Å²) in [6.07, 6.45) is -0.576. The maximum absolute atomic E-state index is 15.3. The third kappa shape index (κ3) is 4.14. The lowest BCUT2D eigenvalue weighted by Gasteiger charge is -2.40. The van der Waals surface area contributed by atoms with E-state index in [1.807, 2.05) is 0 Å². The van der Waals surface area contributed by atoms with Gasteiger partial charge in [0.1, 0.15) is 35.0 Å². The lowest BCUT2D eigenvalue weighted by Crippen LogP contribution is -2.58. The Labute approximate surface area is 187 Å². The van der Waals surface area contributed by atoms with Crippen molar-refractivity contribution in [1.82, 2.24) is 14.8 Å². The number of pyridine rings is 1. The van der Waals surface area contributed by atoms with Gasteiger partial charge in [0.05, 0.1) is 11.6 Å². The van der Waals surface area contributed by atoms with Crippen LogP contribution in [0.5, 0.6) is 11.5 Å². The molecule has 4 rings (SSSR count). The third-order valence-electron chi connectivity index (χ3n) is 5.31. The molecule has 1 aromatic carbocycles. The van der Waals surface area contributed by atoms with Crippen LogP contribution < -0.4 is 4.74 Å². The van der Waals surface area contributed by atoms with Crippen LogP contribution in [-0.2, 0) is 4.74 Å². The van der Waals surface area contributed by atoms with Gasteiger partial charge in [0.2, 0.25) is 5.95 Å². The molecule has 8 nitrogen and oxygen atoms in total. The van der Waals surface area contributed by atoms with Crippen molar-refractivity contribution in [1.29, 1.82) is 0 Å². The van der Waals surface area contributed by atoms with Gasteiger partial charge in [-0.15, -0.1) is 0 Å². The standard InChI is InChI=1S/C22H22F3N3O5/c1-22(2,3)33-21(31)27-7-8-28-11(9-27)10-32-18-15(20(28)30)19(25)26-17(16(18)24)14-12(23)5-4-6-13(14)29/h4-6,11,29H,7-10H2,1-3H3/t11-/m1/s1. The molecule has 1 N–H and O–H groups in total. The van der Waals surface area contributed by atoms with Gasteiger partial charge in [-0.3, -0.25) is 4.79 Å². The normalized spacial score (nSPS) is 18.2. The monoisotopic (exact) mass is 465 g/mol. The molecular weight excluding hydrogens is 443 g/mol. The number of piperazine rings is 1. The average Bonchev–Trinajstić information content (AvgIpc) is 2.87. The summed E-state index contributed by atoms with van der Waals surface area (Å²) in [5.74, 6) is -5.88. The summed E-state index contributed by atoms with van der Waals surface area (Å²) in [4.78, 5) is 31.6. The number of rotatable bonds is 1. The van der Waals surface area contributed by atoms with E-state index in [0.29, 0.717) is 0 Å². The van der Waals surface area contributed by atoms with E-state index < -0.39 is 69.5 Å². The number of phenols is 1. The zero-order chi connectivity index (χ0) is 24.1. The molecule has 0 radical (unpaired) electrons. The number of hydrogen-bond donors (Lipinski definition) is 1. The summed E-state index contributed by atoms with van der Waals surface area (Å²) >= 11 is 0. The number of carbonyl (C=O) groups excluding carboxylic acids is 2. The van der Waals surface area contributed by atoms with Crippen LogP contribution in [0.4, 0.5) is 18.0 Å². The first-order valence-electron chi connectivity index (χ1n) is 10.3. The van der Waals surface area contributed by atoms with Gasteiger partial charge in [0.25, 0.3) is 5.91 Å². The lowest BCUT2D eigenvalue weighted by atomic mass is 10.1. The number of aromatic nitrogens is 1. The Bertz CT molecular complexity index is 1110. The lowest BCUT2D eigenvalue weighted by molar-refractivity contribution is 0.000808. The van der Waals surface area contributed by atoms with E-state index in [0.717, 1.165) is 12.1 Å². The fraction of sp³-hybridized carbons (Fsp3) is 0.409. The van der Waals surface area contributed by atoms with Gasteiger partial charge < -0.3 is 24.4 Å². The summed E-state index contributed by atoms with van der Waals surface area (Å²) in [6, 6.07) is 2.55. The molecule has 0 aliphatic carbocycles. The fourth-order valence-electron chi connectivity index (χ4n) is 3.83. The molecule has 2 aliphatic rings. The van der Waals surface area contributed by atoms with Crippen molar-refractivity contribution in [3.8, 4) is 22.8 Å². The quantitative estimate of drug-likeness (QED) is 0.650. The Kier molecular flexibility index (Phi) is 5.59. The van der Waals surface area contributed by atoms with Gasteiger partial charge in [-0.1, -0.05) is 6.07 Å². The van der Waals surface area contributed by atoms with E-state index >= 15 is 4.39 Å². The Hall–Kier alpha value is -3.50. The number of nitrogens with zero attached hydrogens (tertiary/aromatic N) is 3. The summed E-state index contributed by atoms with van der Waals surface area (Å²) in [7, 11) is 0. The first-order chi connectivity index (χ1) is 15.5. The molecule has 1 aromatic heterocycles. The molecule has 2 aromatic rings. The number of phenolic OH excluding ortho intramolecular Hbond substituents is 1. The molecule has 0 unspecified atom stereocenters. The van der Waals surface area contributed by atoms with Gasteiger partial charge in [-0.05, 0) is 32.9 Å². The van der Waals surface area contributed by atoms with Crippen LogP contribution >= 0.6 is 0 Å². The van der Waals surface area contributed by atoms with Crippen LogP contribution in [0, 0.1) is 17.6 Å². The van der Waals surface area contributed by atoms with Crippen molar-refractivity contribution >= 4 is 12.0 Å². The Morgan fingerprint density at radius 3 is 2.61 bits per heavy atom. The van der Waals surface area contributed by atoms with Gasteiger partial charge in [0, 0.05) is 19.6 Å². The molecule has 176 valence electrons. The molecule has 2 aliphatic heterocycles. The maximum atomic E-state index is 15.3. The Morgan fingerprint density at radius 1 is 1.21 bits per heavy atom. The predicted molar refractivity (Wildman–Crippen MR) is 109 cm³/mol. The van der Waals surface area contributed by atoms with Crippen LogP contribution in [0.2, 0.25) is 0 Å². The van der Waals surface area contributed by atoms with E-state index in [-0.39, 0.29) is 26.2 Å². The van der Waals surface area contributed by atoms with Crippen molar-refractivity contribution in [2.75, 3.05) is 26.2 Å². The molecule has 2 amide bonds. The number of hydrogen-bond acceptors (Lipinski definition) is 6. The number of amides is 2. The molecule has 1 fully saturated rings. The highest BCUT2D eigenvalue weighted by molar-refractivity contribution is 5.98. The van der Waals surface area contributed by atoms with Crippen LogP contribution in [0.15, 0.2) is 18.2 Å². The van der Waals surface area contributed by atoms with E-state index in [1.165, 1.54) is 15.9 Å². The largest absolute Gasteiger partial charge is 0.507 e. The van der Waals surface area contributed by atoms with E-state index in [1.54, 1.807) is 20.8 Å². The Balaban J connectivity index is 1.68. The van der Waals surface area contributed by atoms with E-state index in [4.69, 9.17) is 9.47 Å². The molecular formula is C22H22F3N3O5.